The number of H-pyrrole nitrogens is 1. The molecule has 21 heavy (non-hydrogen) atoms. The van der Waals surface area contributed by atoms with Gasteiger partial charge in [0.1, 0.15) is 0 Å². The summed E-state index contributed by atoms with van der Waals surface area (Å²) >= 11 is 6.60. The SMILES string of the molecule is CCC1(CC)[C@@H](NC(=O)Cc2sc(=S)[nH]c2C)C[C@@H]1OC. The van der Waals surface area contributed by atoms with Gasteiger partial charge in [-0.3, -0.25) is 4.79 Å². The molecule has 0 radical (unpaired) electrons. The predicted octanol–water partition coefficient (Wildman–Crippen LogP) is 3.37. The first-order chi connectivity index (χ1) is 9.96. The molecule has 2 N–H and O–H groups in total. The van der Waals surface area contributed by atoms with Crippen LogP contribution in [-0.2, 0) is 16.0 Å². The molecule has 2 rings (SSSR count). The molecule has 6 heteroatoms. The van der Waals surface area contributed by atoms with Crippen molar-refractivity contribution in [2.75, 3.05) is 7.11 Å². The van der Waals surface area contributed by atoms with E-state index in [2.05, 4.69) is 24.1 Å². The summed E-state index contributed by atoms with van der Waals surface area (Å²) < 4.78 is 6.30. The highest BCUT2D eigenvalue weighted by Crippen LogP contribution is 2.48. The van der Waals surface area contributed by atoms with Crippen molar-refractivity contribution < 1.29 is 9.53 Å². The number of methoxy groups -OCH3 is 1. The van der Waals surface area contributed by atoms with Gasteiger partial charge in [0.2, 0.25) is 5.91 Å². The first kappa shape index (κ1) is 16.6. The molecular formula is C15H24N2O2S2. The van der Waals surface area contributed by atoms with E-state index in [1.807, 2.05) is 6.92 Å². The summed E-state index contributed by atoms with van der Waals surface area (Å²) in [6, 6.07) is 0.220. The zero-order valence-electron chi connectivity index (χ0n) is 13.1. The van der Waals surface area contributed by atoms with E-state index in [0.717, 1.165) is 33.8 Å². The third-order valence-electron chi connectivity index (χ3n) is 4.97. The molecule has 118 valence electrons. The van der Waals surface area contributed by atoms with Crippen LogP contribution in [0, 0.1) is 16.3 Å². The van der Waals surface area contributed by atoms with E-state index < -0.39 is 0 Å². The van der Waals surface area contributed by atoms with Crippen LogP contribution in [0.3, 0.4) is 0 Å². The van der Waals surface area contributed by atoms with Gasteiger partial charge in [0.05, 0.1) is 12.5 Å². The van der Waals surface area contributed by atoms with E-state index in [0.29, 0.717) is 6.42 Å². The fraction of sp³-hybridized carbons (Fsp3) is 0.733. The number of rotatable bonds is 6. The molecule has 0 aliphatic heterocycles. The van der Waals surface area contributed by atoms with E-state index in [1.165, 1.54) is 11.3 Å². The Labute approximate surface area is 135 Å². The maximum atomic E-state index is 12.3. The number of nitrogens with one attached hydrogen (secondary N) is 2. The van der Waals surface area contributed by atoms with Crippen molar-refractivity contribution in [3.63, 3.8) is 0 Å². The molecule has 0 bridgehead atoms. The third kappa shape index (κ3) is 3.07. The lowest BCUT2D eigenvalue weighted by atomic mass is 9.58. The van der Waals surface area contributed by atoms with Crippen LogP contribution in [-0.4, -0.2) is 30.1 Å². The van der Waals surface area contributed by atoms with Gasteiger partial charge in [-0.25, -0.2) is 0 Å². The van der Waals surface area contributed by atoms with Crippen molar-refractivity contribution in [2.45, 2.75) is 58.6 Å². The molecule has 1 fully saturated rings. The molecule has 0 unspecified atom stereocenters. The number of hydrogen-bond acceptors (Lipinski definition) is 4. The summed E-state index contributed by atoms with van der Waals surface area (Å²) in [5, 5.41) is 3.20. The van der Waals surface area contributed by atoms with Crippen molar-refractivity contribution in [1.82, 2.24) is 10.3 Å². The first-order valence-corrected chi connectivity index (χ1v) is 8.70. The van der Waals surface area contributed by atoms with Gasteiger partial charge in [0.25, 0.3) is 0 Å². The molecule has 1 amide bonds. The van der Waals surface area contributed by atoms with Gasteiger partial charge >= 0.3 is 0 Å². The van der Waals surface area contributed by atoms with Gasteiger partial charge in [0.15, 0.2) is 3.95 Å². The summed E-state index contributed by atoms with van der Waals surface area (Å²) in [5.74, 6) is 0.0779. The Morgan fingerprint density at radius 2 is 2.19 bits per heavy atom. The van der Waals surface area contributed by atoms with E-state index in [1.54, 1.807) is 7.11 Å². The molecular weight excluding hydrogens is 304 g/mol. The number of aromatic amines is 1. The lowest BCUT2D eigenvalue weighted by molar-refractivity contribution is -0.140. The smallest absolute Gasteiger partial charge is 0.225 e. The van der Waals surface area contributed by atoms with Gasteiger partial charge in [-0.1, -0.05) is 13.8 Å². The lowest BCUT2D eigenvalue weighted by Gasteiger charge is -2.55. The van der Waals surface area contributed by atoms with E-state index in [-0.39, 0.29) is 23.5 Å². The van der Waals surface area contributed by atoms with Crippen LogP contribution in [0.2, 0.25) is 0 Å². The maximum absolute atomic E-state index is 12.3. The number of hydrogen-bond donors (Lipinski definition) is 2. The van der Waals surface area contributed by atoms with Crippen molar-refractivity contribution >= 4 is 29.5 Å². The molecule has 1 saturated carbocycles. The Hall–Kier alpha value is -0.720. The second-order valence-electron chi connectivity index (χ2n) is 5.76. The normalized spacial score (nSPS) is 23.6. The molecule has 2 atom stereocenters. The second kappa shape index (κ2) is 6.58. The Balaban J connectivity index is 2.00. The molecule has 1 aliphatic carbocycles. The first-order valence-electron chi connectivity index (χ1n) is 7.47. The standard InChI is InChI=1S/C15H24N2O2S2/c1-5-15(6-2)11(8-12(15)19-4)17-13(18)7-10-9(3)16-14(20)21-10/h11-12H,5-8H2,1-4H3,(H,16,20)(H,17,18)/t11-,12-/m0/s1. The van der Waals surface area contributed by atoms with Crippen LogP contribution in [0.4, 0.5) is 0 Å². The Bertz CT molecular complexity index is 560. The van der Waals surface area contributed by atoms with E-state index in [9.17, 15) is 4.79 Å². The van der Waals surface area contributed by atoms with Crippen molar-refractivity contribution in [2.24, 2.45) is 5.41 Å². The molecule has 1 aliphatic rings. The van der Waals surface area contributed by atoms with Gasteiger partial charge < -0.3 is 15.0 Å². The lowest BCUT2D eigenvalue weighted by Crippen LogP contribution is -2.64. The summed E-state index contributed by atoms with van der Waals surface area (Å²) in [7, 11) is 1.76. The number of carbonyl (C=O) groups excluding carboxylic acids is 1. The fourth-order valence-corrected chi connectivity index (χ4v) is 4.77. The molecule has 0 spiro atoms. The van der Waals surface area contributed by atoms with Crippen LogP contribution in [0.5, 0.6) is 0 Å². The summed E-state index contributed by atoms with van der Waals surface area (Å²) in [4.78, 5) is 16.4. The van der Waals surface area contributed by atoms with Gasteiger partial charge in [-0.05, 0) is 38.4 Å². The third-order valence-corrected chi connectivity index (χ3v) is 6.30. The van der Waals surface area contributed by atoms with E-state index in [4.69, 9.17) is 17.0 Å². The molecule has 1 heterocycles. The fourth-order valence-electron chi connectivity index (χ4n) is 3.48. The highest BCUT2D eigenvalue weighted by molar-refractivity contribution is 7.73. The second-order valence-corrected chi connectivity index (χ2v) is 7.53. The number of aromatic nitrogens is 1. The number of carbonyl (C=O) groups is 1. The summed E-state index contributed by atoms with van der Waals surface area (Å²) in [5.41, 5.74) is 1.09. The van der Waals surface area contributed by atoms with Gasteiger partial charge in [-0.2, -0.15) is 0 Å². The monoisotopic (exact) mass is 328 g/mol. The van der Waals surface area contributed by atoms with Crippen LogP contribution < -0.4 is 5.32 Å². The predicted molar refractivity (Wildman–Crippen MR) is 88.3 cm³/mol. The minimum absolute atomic E-state index is 0.0779. The zero-order valence-corrected chi connectivity index (χ0v) is 14.7. The maximum Gasteiger partial charge on any atom is 0.225 e. The minimum atomic E-state index is 0.0779. The Morgan fingerprint density at radius 3 is 2.67 bits per heavy atom. The van der Waals surface area contributed by atoms with E-state index >= 15 is 0 Å². The number of thiazole rings is 1. The molecule has 4 nitrogen and oxygen atoms in total. The Morgan fingerprint density at radius 1 is 1.52 bits per heavy atom. The van der Waals surface area contributed by atoms with Crippen molar-refractivity contribution in [1.29, 1.82) is 0 Å². The zero-order chi connectivity index (χ0) is 15.6. The highest BCUT2D eigenvalue weighted by Gasteiger charge is 2.53. The van der Waals surface area contributed by atoms with Gasteiger partial charge in [-0.15, -0.1) is 11.3 Å². The molecule has 0 aromatic carbocycles. The minimum Gasteiger partial charge on any atom is -0.381 e. The van der Waals surface area contributed by atoms with Crippen molar-refractivity contribution in [3.8, 4) is 0 Å². The van der Waals surface area contributed by atoms with Crippen LogP contribution in [0.1, 0.15) is 43.7 Å². The van der Waals surface area contributed by atoms with Crippen LogP contribution in [0.25, 0.3) is 0 Å². The number of amides is 1. The van der Waals surface area contributed by atoms with Crippen LogP contribution >= 0.6 is 23.6 Å². The summed E-state index contributed by atoms with van der Waals surface area (Å²) in [6.45, 7) is 6.31. The molecule has 0 saturated heterocycles. The molecule has 1 aromatic heterocycles. The highest BCUT2D eigenvalue weighted by atomic mass is 32.1. The Kier molecular flexibility index (Phi) is 5.22. The topological polar surface area (TPSA) is 54.1 Å². The summed E-state index contributed by atoms with van der Waals surface area (Å²) in [6.07, 6.45) is 3.62. The number of aryl methyl sites for hydroxylation is 1. The molecule has 1 aromatic rings. The average Bonchev–Trinajstić information content (AvgIpc) is 2.74. The van der Waals surface area contributed by atoms with Crippen molar-refractivity contribution in [3.05, 3.63) is 14.5 Å². The van der Waals surface area contributed by atoms with Crippen LogP contribution in [0.15, 0.2) is 0 Å². The quantitative estimate of drug-likeness (QED) is 0.787. The van der Waals surface area contributed by atoms with Gasteiger partial charge in [0, 0.05) is 29.1 Å². The largest absolute Gasteiger partial charge is 0.381 e. The average molecular weight is 329 g/mol. The number of ether oxygens (including phenoxy) is 1.